The van der Waals surface area contributed by atoms with Crippen LogP contribution < -0.4 is 5.73 Å². The van der Waals surface area contributed by atoms with Gasteiger partial charge in [-0.25, -0.2) is 9.67 Å². The number of rotatable bonds is 4. The lowest BCUT2D eigenvalue weighted by atomic mass is 10.1. The Morgan fingerprint density at radius 2 is 2.22 bits per heavy atom. The van der Waals surface area contributed by atoms with Gasteiger partial charge in [0.1, 0.15) is 12.2 Å². The molecule has 1 aromatic carbocycles. The lowest BCUT2D eigenvalue weighted by Gasteiger charge is -2.08. The normalized spacial score (nSPS) is 10.8. The maximum atomic E-state index is 12.1. The van der Waals surface area contributed by atoms with Gasteiger partial charge in [0.15, 0.2) is 5.78 Å². The van der Waals surface area contributed by atoms with Gasteiger partial charge in [-0.3, -0.25) is 4.79 Å². The van der Waals surface area contributed by atoms with Crippen molar-refractivity contribution in [3.05, 3.63) is 42.0 Å². The molecule has 2 rings (SSSR count). The molecule has 0 spiro atoms. The standard InChI is InChI=1S/C13H16N4O/c1-9(2)17-13(15-8-16-17)7-12(18)10-4-3-5-11(14)6-10/h3-6,8-9H,7,14H2,1-2H3. The molecule has 0 bridgehead atoms. The SMILES string of the molecule is CC(C)n1ncnc1CC(=O)c1cccc(N)c1. The van der Waals surface area contributed by atoms with Crippen LogP contribution in [0.3, 0.4) is 0 Å². The summed E-state index contributed by atoms with van der Waals surface area (Å²) in [4.78, 5) is 16.2. The zero-order chi connectivity index (χ0) is 13.1. The number of hydrogen-bond acceptors (Lipinski definition) is 4. The average Bonchev–Trinajstić information content (AvgIpc) is 2.77. The van der Waals surface area contributed by atoms with Crippen LogP contribution >= 0.6 is 0 Å². The second-order valence-corrected chi connectivity index (χ2v) is 4.44. The minimum Gasteiger partial charge on any atom is -0.399 e. The van der Waals surface area contributed by atoms with Gasteiger partial charge in [0, 0.05) is 17.3 Å². The lowest BCUT2D eigenvalue weighted by molar-refractivity contribution is 0.0989. The minimum atomic E-state index is -0.00259. The van der Waals surface area contributed by atoms with Crippen molar-refractivity contribution in [2.24, 2.45) is 0 Å². The van der Waals surface area contributed by atoms with Gasteiger partial charge in [0.05, 0.1) is 6.42 Å². The number of ketones is 1. The fourth-order valence-electron chi connectivity index (χ4n) is 1.79. The molecule has 0 saturated heterocycles. The van der Waals surface area contributed by atoms with Crippen molar-refractivity contribution < 1.29 is 4.79 Å². The Bertz CT molecular complexity index is 560. The van der Waals surface area contributed by atoms with E-state index >= 15 is 0 Å². The van der Waals surface area contributed by atoms with E-state index in [1.165, 1.54) is 6.33 Å². The molecule has 0 saturated carbocycles. The second kappa shape index (κ2) is 5.00. The van der Waals surface area contributed by atoms with Crippen LogP contribution in [-0.2, 0) is 6.42 Å². The molecule has 0 aliphatic carbocycles. The molecule has 0 unspecified atom stereocenters. The van der Waals surface area contributed by atoms with Crippen LogP contribution in [0.15, 0.2) is 30.6 Å². The molecular formula is C13H16N4O. The summed E-state index contributed by atoms with van der Waals surface area (Å²) in [6, 6.07) is 7.16. The highest BCUT2D eigenvalue weighted by Gasteiger charge is 2.13. The summed E-state index contributed by atoms with van der Waals surface area (Å²) in [5.74, 6) is 0.676. The van der Waals surface area contributed by atoms with Gasteiger partial charge in [-0.15, -0.1) is 0 Å². The van der Waals surface area contributed by atoms with Crippen LogP contribution in [0.1, 0.15) is 36.1 Å². The van der Waals surface area contributed by atoms with Crippen LogP contribution in [0.5, 0.6) is 0 Å². The molecule has 0 fully saturated rings. The van der Waals surface area contributed by atoms with Gasteiger partial charge in [0.25, 0.3) is 0 Å². The highest BCUT2D eigenvalue weighted by molar-refractivity contribution is 5.97. The van der Waals surface area contributed by atoms with Gasteiger partial charge < -0.3 is 5.73 Å². The van der Waals surface area contributed by atoms with Crippen LogP contribution in [0.2, 0.25) is 0 Å². The largest absolute Gasteiger partial charge is 0.399 e. The Balaban J connectivity index is 2.19. The molecule has 1 aromatic heterocycles. The summed E-state index contributed by atoms with van der Waals surface area (Å²) in [7, 11) is 0. The average molecular weight is 244 g/mol. The summed E-state index contributed by atoms with van der Waals surface area (Å²) in [5.41, 5.74) is 6.86. The van der Waals surface area contributed by atoms with Crippen molar-refractivity contribution in [2.45, 2.75) is 26.3 Å². The molecule has 5 heteroatoms. The first kappa shape index (κ1) is 12.3. The lowest BCUT2D eigenvalue weighted by Crippen LogP contribution is -2.13. The highest BCUT2D eigenvalue weighted by atomic mass is 16.1. The molecule has 0 aliphatic rings. The van der Waals surface area contributed by atoms with Crippen molar-refractivity contribution in [1.29, 1.82) is 0 Å². The van der Waals surface area contributed by atoms with Crippen molar-refractivity contribution in [2.75, 3.05) is 5.73 Å². The molecule has 2 aromatic rings. The third kappa shape index (κ3) is 2.56. The van der Waals surface area contributed by atoms with Crippen molar-refractivity contribution in [3.8, 4) is 0 Å². The first-order valence-corrected chi connectivity index (χ1v) is 5.85. The maximum absolute atomic E-state index is 12.1. The summed E-state index contributed by atoms with van der Waals surface area (Å²) >= 11 is 0. The van der Waals surface area contributed by atoms with Crippen molar-refractivity contribution in [3.63, 3.8) is 0 Å². The Labute approximate surface area is 106 Å². The number of Topliss-reactive ketones (excluding diaryl/α,β-unsaturated/α-hetero) is 1. The first-order chi connectivity index (χ1) is 8.58. The fourth-order valence-corrected chi connectivity index (χ4v) is 1.79. The number of nitrogens with two attached hydrogens (primary N) is 1. The molecule has 18 heavy (non-hydrogen) atoms. The summed E-state index contributed by atoms with van der Waals surface area (Å²) in [5, 5.41) is 4.11. The number of carbonyl (C=O) groups excluding carboxylic acids is 1. The predicted octanol–water partition coefficient (Wildman–Crippen LogP) is 1.87. The number of benzene rings is 1. The summed E-state index contributed by atoms with van der Waals surface area (Å²) in [6.07, 6.45) is 1.71. The number of nitrogens with zero attached hydrogens (tertiary/aromatic N) is 3. The quantitative estimate of drug-likeness (QED) is 0.658. The Morgan fingerprint density at radius 1 is 1.44 bits per heavy atom. The van der Waals surface area contributed by atoms with Crippen LogP contribution in [0.25, 0.3) is 0 Å². The number of nitrogen functional groups attached to an aromatic ring is 1. The molecule has 0 atom stereocenters. The van der Waals surface area contributed by atoms with E-state index in [-0.39, 0.29) is 18.2 Å². The molecule has 0 amide bonds. The van der Waals surface area contributed by atoms with E-state index in [4.69, 9.17) is 5.73 Å². The van der Waals surface area contributed by atoms with E-state index in [0.29, 0.717) is 17.1 Å². The third-order valence-electron chi connectivity index (χ3n) is 2.66. The first-order valence-electron chi connectivity index (χ1n) is 5.85. The number of hydrogen-bond donors (Lipinski definition) is 1. The van der Waals surface area contributed by atoms with Gasteiger partial charge >= 0.3 is 0 Å². The van der Waals surface area contributed by atoms with E-state index in [2.05, 4.69) is 10.1 Å². The maximum Gasteiger partial charge on any atom is 0.170 e. The Hall–Kier alpha value is -2.17. The van der Waals surface area contributed by atoms with Gasteiger partial charge in [0.2, 0.25) is 0 Å². The molecular weight excluding hydrogens is 228 g/mol. The van der Waals surface area contributed by atoms with E-state index in [1.807, 2.05) is 13.8 Å². The fraction of sp³-hybridized carbons (Fsp3) is 0.308. The van der Waals surface area contributed by atoms with Crippen molar-refractivity contribution >= 4 is 11.5 Å². The predicted molar refractivity (Wildman–Crippen MR) is 69.3 cm³/mol. The number of aromatic nitrogens is 3. The van der Waals surface area contributed by atoms with Gasteiger partial charge in [-0.1, -0.05) is 12.1 Å². The molecule has 0 aliphatic heterocycles. The van der Waals surface area contributed by atoms with Crippen LogP contribution in [0.4, 0.5) is 5.69 Å². The molecule has 1 heterocycles. The van der Waals surface area contributed by atoms with E-state index in [9.17, 15) is 4.79 Å². The minimum absolute atomic E-state index is 0.00259. The van der Waals surface area contributed by atoms with E-state index in [0.717, 1.165) is 0 Å². The smallest absolute Gasteiger partial charge is 0.170 e. The molecule has 2 N–H and O–H groups in total. The summed E-state index contributed by atoms with van der Waals surface area (Å²) < 4.78 is 1.75. The Morgan fingerprint density at radius 3 is 2.89 bits per heavy atom. The third-order valence-corrected chi connectivity index (χ3v) is 2.66. The van der Waals surface area contributed by atoms with Crippen LogP contribution in [-0.4, -0.2) is 20.5 Å². The van der Waals surface area contributed by atoms with Crippen LogP contribution in [0, 0.1) is 0 Å². The molecule has 94 valence electrons. The zero-order valence-corrected chi connectivity index (χ0v) is 10.5. The second-order valence-electron chi connectivity index (χ2n) is 4.44. The monoisotopic (exact) mass is 244 g/mol. The van der Waals surface area contributed by atoms with Gasteiger partial charge in [-0.05, 0) is 26.0 Å². The molecule has 0 radical (unpaired) electrons. The van der Waals surface area contributed by atoms with E-state index in [1.54, 1.807) is 28.9 Å². The Kier molecular flexibility index (Phi) is 3.41. The summed E-state index contributed by atoms with van der Waals surface area (Å²) in [6.45, 7) is 4.01. The zero-order valence-electron chi connectivity index (χ0n) is 10.5. The topological polar surface area (TPSA) is 73.8 Å². The van der Waals surface area contributed by atoms with Crippen molar-refractivity contribution in [1.82, 2.24) is 14.8 Å². The number of carbonyl (C=O) groups is 1. The highest BCUT2D eigenvalue weighted by Crippen LogP contribution is 2.12. The number of anilines is 1. The van der Waals surface area contributed by atoms with Gasteiger partial charge in [-0.2, -0.15) is 5.10 Å². The molecule has 5 nitrogen and oxygen atoms in total. The van der Waals surface area contributed by atoms with E-state index < -0.39 is 0 Å².